The van der Waals surface area contributed by atoms with E-state index in [1.807, 2.05) is 11.8 Å². The Bertz CT molecular complexity index is 1350. The van der Waals surface area contributed by atoms with Crippen LogP contribution < -0.4 is 14.4 Å². The molecule has 0 spiro atoms. The minimum Gasteiger partial charge on any atom is -0.395 e. The van der Waals surface area contributed by atoms with Crippen molar-refractivity contribution in [1.82, 2.24) is 14.7 Å². The highest BCUT2D eigenvalue weighted by molar-refractivity contribution is 6.06. The molecule has 1 amide bonds. The second kappa shape index (κ2) is 8.19. The Labute approximate surface area is 202 Å². The molecule has 1 atom stereocenters. The maximum absolute atomic E-state index is 13.8. The van der Waals surface area contributed by atoms with E-state index in [0.717, 1.165) is 0 Å². The van der Waals surface area contributed by atoms with E-state index in [2.05, 4.69) is 14.6 Å². The van der Waals surface area contributed by atoms with Crippen LogP contribution in [0.15, 0.2) is 42.5 Å². The van der Waals surface area contributed by atoms with Crippen LogP contribution in [0.3, 0.4) is 0 Å². The van der Waals surface area contributed by atoms with Gasteiger partial charge in [0, 0.05) is 48.9 Å². The second-order valence-corrected chi connectivity index (χ2v) is 8.86. The lowest BCUT2D eigenvalue weighted by molar-refractivity contribution is -0.286. The number of anilines is 1. The molecule has 5 rings (SSSR count). The topological polar surface area (TPSA) is 59.8 Å². The van der Waals surface area contributed by atoms with Gasteiger partial charge in [-0.05, 0) is 44.3 Å². The fraction of sp³-hybridized carbons (Fsp3) is 0.333. The summed E-state index contributed by atoms with van der Waals surface area (Å²) in [5.74, 6) is -0.879. The number of halogens is 5. The van der Waals surface area contributed by atoms with Crippen LogP contribution in [0.2, 0.25) is 0 Å². The quantitative estimate of drug-likeness (QED) is 0.473. The van der Waals surface area contributed by atoms with Crippen LogP contribution >= 0.6 is 0 Å². The van der Waals surface area contributed by atoms with Gasteiger partial charge in [-0.25, -0.2) is 4.68 Å². The van der Waals surface area contributed by atoms with Gasteiger partial charge in [0.05, 0.1) is 11.4 Å². The normalized spacial score (nSPS) is 18.7. The van der Waals surface area contributed by atoms with Gasteiger partial charge in [0.1, 0.15) is 0 Å². The average Bonchev–Trinajstić information content (AvgIpc) is 3.33. The van der Waals surface area contributed by atoms with Crippen molar-refractivity contribution >= 4 is 11.6 Å². The number of amides is 1. The van der Waals surface area contributed by atoms with Crippen LogP contribution in [-0.4, -0.2) is 47.0 Å². The summed E-state index contributed by atoms with van der Waals surface area (Å²) in [7, 11) is 3.21. The molecular weight excluding hydrogens is 487 g/mol. The number of carbonyl (C=O) groups is 1. The fourth-order valence-electron chi connectivity index (χ4n) is 4.37. The maximum Gasteiger partial charge on any atom is 0.586 e. The van der Waals surface area contributed by atoms with E-state index in [4.69, 9.17) is 0 Å². The number of benzene rings is 2. The highest BCUT2D eigenvalue weighted by Gasteiger charge is 2.44. The number of likely N-dealkylation sites (N-methyl/N-ethyl adjacent to an activating group) is 1. The predicted molar refractivity (Wildman–Crippen MR) is 119 cm³/mol. The number of nitrogens with zero attached hydrogens (tertiary/aromatic N) is 4. The summed E-state index contributed by atoms with van der Waals surface area (Å²) in [5.41, 5.74) is 0.372. The zero-order valence-corrected chi connectivity index (χ0v) is 19.4. The maximum atomic E-state index is 13.8. The summed E-state index contributed by atoms with van der Waals surface area (Å²) >= 11 is 0. The number of fused-ring (bicyclic) bond motifs is 2. The van der Waals surface area contributed by atoms with Crippen molar-refractivity contribution in [3.63, 3.8) is 0 Å². The lowest BCUT2D eigenvalue weighted by Gasteiger charge is -2.30. The van der Waals surface area contributed by atoms with Gasteiger partial charge in [-0.3, -0.25) is 9.69 Å². The van der Waals surface area contributed by atoms with Gasteiger partial charge in [0.25, 0.3) is 5.91 Å². The number of alkyl halides is 5. The second-order valence-electron chi connectivity index (χ2n) is 8.86. The molecule has 0 bridgehead atoms. The molecule has 2 aliphatic rings. The van der Waals surface area contributed by atoms with Crippen LogP contribution in [0, 0.1) is 0 Å². The Hall–Kier alpha value is -3.67. The first-order valence-corrected chi connectivity index (χ1v) is 11.0. The van der Waals surface area contributed by atoms with E-state index in [-0.39, 0.29) is 40.9 Å². The highest BCUT2D eigenvalue weighted by Crippen LogP contribution is 2.43. The highest BCUT2D eigenvalue weighted by atomic mass is 19.4. The summed E-state index contributed by atoms with van der Waals surface area (Å²) in [6.45, 7) is 2.03. The van der Waals surface area contributed by atoms with Crippen LogP contribution in [0.4, 0.5) is 27.6 Å². The molecule has 1 aromatic heterocycles. The van der Waals surface area contributed by atoms with Crippen LogP contribution in [0.25, 0.3) is 5.69 Å². The third kappa shape index (κ3) is 4.15. The molecule has 7 nitrogen and oxygen atoms in total. The monoisotopic (exact) mass is 508 g/mol. The van der Waals surface area contributed by atoms with Crippen molar-refractivity contribution in [3.05, 3.63) is 65.0 Å². The lowest BCUT2D eigenvalue weighted by atomic mass is 9.99. The Kier molecular flexibility index (Phi) is 5.47. The van der Waals surface area contributed by atoms with Crippen molar-refractivity contribution < 1.29 is 36.2 Å². The van der Waals surface area contributed by atoms with Crippen molar-refractivity contribution in [2.45, 2.75) is 38.4 Å². The zero-order valence-electron chi connectivity index (χ0n) is 19.4. The number of hydrogen-bond donors (Lipinski definition) is 0. The predicted octanol–water partition coefficient (Wildman–Crippen LogP) is 4.87. The minimum absolute atomic E-state index is 0.00312. The first-order chi connectivity index (χ1) is 16.8. The van der Waals surface area contributed by atoms with E-state index >= 15 is 0 Å². The van der Waals surface area contributed by atoms with Gasteiger partial charge < -0.3 is 14.4 Å². The summed E-state index contributed by atoms with van der Waals surface area (Å²) in [5, 5.41) is 3.90. The average molecular weight is 508 g/mol. The molecule has 0 saturated carbocycles. The molecule has 3 heterocycles. The van der Waals surface area contributed by atoms with Crippen molar-refractivity contribution in [3.8, 4) is 17.2 Å². The van der Waals surface area contributed by atoms with Gasteiger partial charge in [0.15, 0.2) is 17.2 Å². The molecule has 0 radical (unpaired) electrons. The first kappa shape index (κ1) is 24.0. The van der Waals surface area contributed by atoms with E-state index in [0.29, 0.717) is 17.8 Å². The van der Waals surface area contributed by atoms with E-state index < -0.39 is 24.1 Å². The number of aromatic nitrogens is 2. The third-order valence-electron chi connectivity index (χ3n) is 6.42. The smallest absolute Gasteiger partial charge is 0.395 e. The number of hydrogen-bond acceptors (Lipinski definition) is 5. The molecule has 0 aliphatic carbocycles. The largest absolute Gasteiger partial charge is 0.586 e. The Balaban J connectivity index is 1.48. The zero-order chi connectivity index (χ0) is 26.0. The Morgan fingerprint density at radius 2 is 1.86 bits per heavy atom. The van der Waals surface area contributed by atoms with E-state index in [1.165, 1.54) is 47.0 Å². The van der Waals surface area contributed by atoms with Crippen molar-refractivity contribution in [1.29, 1.82) is 0 Å². The SMILES string of the molecule is CC1Cc2c(c(C(F)(F)F)nn2-c2cccc(C(=O)N(C)c3ccc4c(c3)OC(F)(F)O4)c2)CN1C. The van der Waals surface area contributed by atoms with Crippen molar-refractivity contribution in [2.24, 2.45) is 0 Å². The van der Waals surface area contributed by atoms with Gasteiger partial charge >= 0.3 is 12.5 Å². The minimum atomic E-state index is -4.62. The Morgan fingerprint density at radius 3 is 2.58 bits per heavy atom. The summed E-state index contributed by atoms with van der Waals surface area (Å²) in [6.07, 6.45) is -8.06. The first-order valence-electron chi connectivity index (χ1n) is 11.0. The summed E-state index contributed by atoms with van der Waals surface area (Å²) in [4.78, 5) is 16.2. The molecule has 3 aromatic rings. The number of carbonyl (C=O) groups excluding carboxylic acids is 1. The molecule has 0 N–H and O–H groups in total. The molecule has 12 heteroatoms. The van der Waals surface area contributed by atoms with Gasteiger partial charge in [0.2, 0.25) is 0 Å². The number of ether oxygens (including phenoxy) is 2. The summed E-state index contributed by atoms with van der Waals surface area (Å²) in [6, 6.07) is 10.0. The molecule has 0 fully saturated rings. The molecule has 36 heavy (non-hydrogen) atoms. The molecule has 190 valence electrons. The standard InChI is InChI=1S/C24H21F5N4O3/c1-13-9-18-17(12-31(13)2)21(23(25,26)27)30-33(18)16-6-4-5-14(10-16)22(34)32(3)15-7-8-19-20(11-15)36-24(28,29)35-19/h4-8,10-11,13H,9,12H2,1-3H3. The number of rotatable bonds is 3. The molecule has 2 aliphatic heterocycles. The van der Waals surface area contributed by atoms with Crippen LogP contribution in [-0.2, 0) is 19.1 Å². The Morgan fingerprint density at radius 1 is 1.14 bits per heavy atom. The lowest BCUT2D eigenvalue weighted by Crippen LogP contribution is -2.36. The van der Waals surface area contributed by atoms with Gasteiger partial charge in [-0.2, -0.15) is 18.3 Å². The van der Waals surface area contributed by atoms with Gasteiger partial charge in [-0.15, -0.1) is 8.78 Å². The van der Waals surface area contributed by atoms with Gasteiger partial charge in [-0.1, -0.05) is 6.07 Å². The molecule has 1 unspecified atom stereocenters. The van der Waals surface area contributed by atoms with E-state index in [1.54, 1.807) is 19.2 Å². The fourth-order valence-corrected chi connectivity index (χ4v) is 4.37. The molecular formula is C24H21F5N4O3. The molecule has 0 saturated heterocycles. The van der Waals surface area contributed by atoms with Crippen LogP contribution in [0.1, 0.15) is 34.2 Å². The molecule has 2 aromatic carbocycles. The van der Waals surface area contributed by atoms with E-state index in [9.17, 15) is 26.7 Å². The summed E-state index contributed by atoms with van der Waals surface area (Å²) < 4.78 is 78.0. The third-order valence-corrected chi connectivity index (χ3v) is 6.42. The van der Waals surface area contributed by atoms with Crippen LogP contribution in [0.5, 0.6) is 11.5 Å². The van der Waals surface area contributed by atoms with Crippen molar-refractivity contribution in [2.75, 3.05) is 19.0 Å².